The van der Waals surface area contributed by atoms with Crippen molar-refractivity contribution in [2.75, 3.05) is 5.32 Å². The van der Waals surface area contributed by atoms with E-state index in [9.17, 15) is 24.7 Å². The number of phenols is 2. The maximum absolute atomic E-state index is 13.7. The Morgan fingerprint density at radius 2 is 1.95 bits per heavy atom. The molecule has 6 nitrogen and oxygen atoms in total. The molecule has 0 radical (unpaired) electrons. The highest BCUT2D eigenvalue weighted by Crippen LogP contribution is 2.31. The number of benzene rings is 2. The fourth-order valence-corrected chi connectivity index (χ4v) is 1.95. The SMILES string of the molecule is CC(Nc1cc([N+](=O)[O-])ccc1F)c1ccc(O)cc1O. The third-order valence-electron chi connectivity index (χ3n) is 3.01. The van der Waals surface area contributed by atoms with Crippen LogP contribution >= 0.6 is 0 Å². The Morgan fingerprint density at radius 3 is 2.57 bits per heavy atom. The summed E-state index contributed by atoms with van der Waals surface area (Å²) in [4.78, 5) is 10.1. The number of hydrogen-bond donors (Lipinski definition) is 3. The zero-order chi connectivity index (χ0) is 15.6. The van der Waals surface area contributed by atoms with Gasteiger partial charge in [-0.25, -0.2) is 4.39 Å². The Balaban J connectivity index is 2.28. The second-order valence-corrected chi connectivity index (χ2v) is 4.53. The predicted octanol–water partition coefficient (Wildman–Crippen LogP) is 3.32. The summed E-state index contributed by atoms with van der Waals surface area (Å²) in [6.07, 6.45) is 0. The van der Waals surface area contributed by atoms with Crippen LogP contribution in [0.5, 0.6) is 11.5 Å². The normalized spacial score (nSPS) is 11.9. The minimum atomic E-state index is -0.634. The average molecular weight is 292 g/mol. The van der Waals surface area contributed by atoms with Gasteiger partial charge >= 0.3 is 0 Å². The summed E-state index contributed by atoms with van der Waals surface area (Å²) < 4.78 is 13.7. The van der Waals surface area contributed by atoms with Crippen LogP contribution in [0.15, 0.2) is 36.4 Å². The first kappa shape index (κ1) is 14.6. The number of nitro benzene ring substituents is 1. The first-order chi connectivity index (χ1) is 9.88. The van der Waals surface area contributed by atoms with E-state index in [-0.39, 0.29) is 22.9 Å². The number of nitrogens with zero attached hydrogens (tertiary/aromatic N) is 1. The minimum Gasteiger partial charge on any atom is -0.508 e. The molecule has 0 fully saturated rings. The van der Waals surface area contributed by atoms with Crippen LogP contribution in [0.4, 0.5) is 15.8 Å². The molecule has 2 rings (SSSR count). The van der Waals surface area contributed by atoms with Crippen LogP contribution in [0.3, 0.4) is 0 Å². The van der Waals surface area contributed by atoms with E-state index in [0.717, 1.165) is 24.3 Å². The Labute approximate surface area is 119 Å². The van der Waals surface area contributed by atoms with Gasteiger partial charge in [0.05, 0.1) is 16.7 Å². The maximum Gasteiger partial charge on any atom is 0.271 e. The van der Waals surface area contributed by atoms with Gasteiger partial charge in [-0.15, -0.1) is 0 Å². The van der Waals surface area contributed by atoms with Crippen molar-refractivity contribution in [3.63, 3.8) is 0 Å². The number of non-ortho nitro benzene ring substituents is 1. The summed E-state index contributed by atoms with van der Waals surface area (Å²) in [7, 11) is 0. The fraction of sp³-hybridized carbons (Fsp3) is 0.143. The Morgan fingerprint density at radius 1 is 1.24 bits per heavy atom. The van der Waals surface area contributed by atoms with E-state index < -0.39 is 16.8 Å². The molecule has 0 aliphatic heterocycles. The van der Waals surface area contributed by atoms with E-state index in [0.29, 0.717) is 5.56 Å². The Bertz CT molecular complexity index is 691. The van der Waals surface area contributed by atoms with Crippen LogP contribution in [0.2, 0.25) is 0 Å². The van der Waals surface area contributed by atoms with Crippen molar-refractivity contribution in [1.82, 2.24) is 0 Å². The molecule has 3 N–H and O–H groups in total. The molecule has 0 saturated carbocycles. The lowest BCUT2D eigenvalue weighted by Gasteiger charge is -2.17. The number of halogens is 1. The lowest BCUT2D eigenvalue weighted by atomic mass is 10.1. The zero-order valence-electron chi connectivity index (χ0n) is 11.1. The van der Waals surface area contributed by atoms with Gasteiger partial charge in [-0.3, -0.25) is 10.1 Å². The van der Waals surface area contributed by atoms with Crippen LogP contribution in [-0.2, 0) is 0 Å². The van der Waals surface area contributed by atoms with Crippen molar-refractivity contribution in [3.05, 3.63) is 57.9 Å². The lowest BCUT2D eigenvalue weighted by Crippen LogP contribution is -2.08. The van der Waals surface area contributed by atoms with Gasteiger partial charge in [-0.2, -0.15) is 0 Å². The third kappa shape index (κ3) is 3.19. The number of anilines is 1. The molecule has 110 valence electrons. The summed E-state index contributed by atoms with van der Waals surface area (Å²) in [6.45, 7) is 1.66. The van der Waals surface area contributed by atoms with Crippen LogP contribution in [-0.4, -0.2) is 15.1 Å². The highest BCUT2D eigenvalue weighted by Gasteiger charge is 2.15. The molecule has 0 bridgehead atoms. The van der Waals surface area contributed by atoms with E-state index in [1.807, 2.05) is 0 Å². The molecule has 2 aromatic carbocycles. The van der Waals surface area contributed by atoms with Crippen molar-refractivity contribution in [3.8, 4) is 11.5 Å². The van der Waals surface area contributed by atoms with Crippen LogP contribution in [0.1, 0.15) is 18.5 Å². The van der Waals surface area contributed by atoms with Crippen LogP contribution < -0.4 is 5.32 Å². The second kappa shape index (κ2) is 5.66. The van der Waals surface area contributed by atoms with Crippen molar-refractivity contribution in [1.29, 1.82) is 0 Å². The quantitative estimate of drug-likeness (QED) is 0.593. The number of nitro groups is 1. The summed E-state index contributed by atoms with van der Waals surface area (Å²) in [5.74, 6) is -0.878. The number of hydrogen-bond acceptors (Lipinski definition) is 5. The molecule has 0 amide bonds. The molecule has 1 unspecified atom stereocenters. The van der Waals surface area contributed by atoms with Crippen molar-refractivity contribution >= 4 is 11.4 Å². The summed E-state index contributed by atoms with van der Waals surface area (Å²) in [5.41, 5.74) is 0.156. The maximum atomic E-state index is 13.7. The van der Waals surface area contributed by atoms with Gasteiger partial charge in [0.25, 0.3) is 5.69 Å². The van der Waals surface area contributed by atoms with E-state index >= 15 is 0 Å². The lowest BCUT2D eigenvalue weighted by molar-refractivity contribution is -0.384. The Kier molecular flexibility index (Phi) is 3.93. The highest BCUT2D eigenvalue weighted by atomic mass is 19.1. The first-order valence-electron chi connectivity index (χ1n) is 6.11. The molecule has 0 saturated heterocycles. The Hall–Kier alpha value is -2.83. The molecule has 0 spiro atoms. The van der Waals surface area contributed by atoms with Gasteiger partial charge < -0.3 is 15.5 Å². The summed E-state index contributed by atoms with van der Waals surface area (Å²) in [5, 5.41) is 32.4. The van der Waals surface area contributed by atoms with Crippen molar-refractivity contribution in [2.24, 2.45) is 0 Å². The van der Waals surface area contributed by atoms with Crippen LogP contribution in [0, 0.1) is 15.9 Å². The molecule has 0 aromatic heterocycles. The molecular weight excluding hydrogens is 279 g/mol. The topological polar surface area (TPSA) is 95.6 Å². The summed E-state index contributed by atoms with van der Waals surface area (Å²) in [6, 6.07) is 6.68. The molecule has 0 aliphatic carbocycles. The molecule has 1 atom stereocenters. The third-order valence-corrected chi connectivity index (χ3v) is 3.01. The van der Waals surface area contributed by atoms with Gasteiger partial charge in [-0.05, 0) is 25.1 Å². The molecule has 0 heterocycles. The van der Waals surface area contributed by atoms with Crippen LogP contribution in [0.25, 0.3) is 0 Å². The van der Waals surface area contributed by atoms with Gasteiger partial charge in [0.1, 0.15) is 17.3 Å². The minimum absolute atomic E-state index is 0.0378. The van der Waals surface area contributed by atoms with Gasteiger partial charge in [0, 0.05) is 23.8 Å². The van der Waals surface area contributed by atoms with E-state index in [2.05, 4.69) is 5.32 Å². The average Bonchev–Trinajstić information content (AvgIpc) is 2.40. The standard InChI is InChI=1S/C14H13FN2O4/c1-8(11-4-3-10(18)7-14(11)19)16-13-6-9(17(20)21)2-5-12(13)15/h2-8,16,18-19H,1H3. The van der Waals surface area contributed by atoms with Gasteiger partial charge in [0.15, 0.2) is 0 Å². The van der Waals surface area contributed by atoms with Crippen molar-refractivity contribution in [2.45, 2.75) is 13.0 Å². The molecular formula is C14H13FN2O4. The number of rotatable bonds is 4. The number of phenolic OH excluding ortho intramolecular Hbond substituents is 2. The molecule has 7 heteroatoms. The first-order valence-corrected chi connectivity index (χ1v) is 6.11. The molecule has 21 heavy (non-hydrogen) atoms. The monoisotopic (exact) mass is 292 g/mol. The smallest absolute Gasteiger partial charge is 0.271 e. The fourth-order valence-electron chi connectivity index (χ4n) is 1.95. The highest BCUT2D eigenvalue weighted by molar-refractivity contribution is 5.54. The van der Waals surface area contributed by atoms with E-state index in [1.165, 1.54) is 12.1 Å². The zero-order valence-corrected chi connectivity index (χ0v) is 11.1. The van der Waals surface area contributed by atoms with Crippen molar-refractivity contribution < 1.29 is 19.5 Å². The molecule has 2 aromatic rings. The second-order valence-electron chi connectivity index (χ2n) is 4.53. The van der Waals surface area contributed by atoms with Gasteiger partial charge in [0.2, 0.25) is 0 Å². The van der Waals surface area contributed by atoms with E-state index in [1.54, 1.807) is 6.92 Å². The van der Waals surface area contributed by atoms with E-state index in [4.69, 9.17) is 0 Å². The predicted molar refractivity (Wildman–Crippen MR) is 74.9 cm³/mol. The van der Waals surface area contributed by atoms with Gasteiger partial charge in [-0.1, -0.05) is 0 Å². The summed E-state index contributed by atoms with van der Waals surface area (Å²) >= 11 is 0. The molecule has 0 aliphatic rings. The largest absolute Gasteiger partial charge is 0.508 e. The number of aromatic hydroxyl groups is 2. The number of nitrogens with one attached hydrogen (secondary N) is 1.